The molecule has 1 saturated carbocycles. The zero-order chi connectivity index (χ0) is 15.6. The molecule has 1 aliphatic carbocycles. The Morgan fingerprint density at radius 2 is 2.19 bits per heavy atom. The molecular formula is C16H21F2NO2. The van der Waals surface area contributed by atoms with Gasteiger partial charge in [0.05, 0.1) is 0 Å². The van der Waals surface area contributed by atoms with Crippen LogP contribution in [0.15, 0.2) is 18.2 Å². The zero-order valence-corrected chi connectivity index (χ0v) is 12.3. The van der Waals surface area contributed by atoms with Gasteiger partial charge in [-0.05, 0) is 55.9 Å². The van der Waals surface area contributed by atoms with Gasteiger partial charge in [0, 0.05) is 18.1 Å². The summed E-state index contributed by atoms with van der Waals surface area (Å²) in [5.41, 5.74) is -0.185. The lowest BCUT2D eigenvalue weighted by molar-refractivity contribution is -0.124. The van der Waals surface area contributed by atoms with Crippen LogP contribution in [0.4, 0.5) is 8.78 Å². The second-order valence-electron chi connectivity index (χ2n) is 5.99. The Bertz CT molecular complexity index is 535. The first-order valence-corrected chi connectivity index (χ1v) is 7.28. The lowest BCUT2D eigenvalue weighted by Gasteiger charge is -2.29. The first kappa shape index (κ1) is 15.9. The molecule has 21 heavy (non-hydrogen) atoms. The van der Waals surface area contributed by atoms with Crippen molar-refractivity contribution in [2.45, 2.75) is 44.6 Å². The molecule has 0 spiro atoms. The number of nitrogens with one attached hydrogen (secondary N) is 1. The molecule has 3 unspecified atom stereocenters. The summed E-state index contributed by atoms with van der Waals surface area (Å²) in [5, 5.41) is 12.0. The molecule has 2 rings (SSSR count). The SMILES string of the molecule is CCC(C)(CCO)NC(=O)C1CC1c1cc(F)ccc1F. The normalized spacial score (nSPS) is 23.5. The Kier molecular flexibility index (Phi) is 4.61. The minimum atomic E-state index is -0.490. The zero-order valence-electron chi connectivity index (χ0n) is 12.3. The predicted molar refractivity (Wildman–Crippen MR) is 75.7 cm³/mol. The van der Waals surface area contributed by atoms with Crippen molar-refractivity contribution in [3.8, 4) is 0 Å². The third kappa shape index (κ3) is 3.59. The Hall–Kier alpha value is -1.49. The van der Waals surface area contributed by atoms with E-state index in [2.05, 4.69) is 5.32 Å². The molecule has 5 heteroatoms. The van der Waals surface area contributed by atoms with Crippen LogP contribution < -0.4 is 5.32 Å². The van der Waals surface area contributed by atoms with Gasteiger partial charge in [-0.2, -0.15) is 0 Å². The van der Waals surface area contributed by atoms with Crippen molar-refractivity contribution < 1.29 is 18.7 Å². The fourth-order valence-corrected chi connectivity index (χ4v) is 2.59. The highest BCUT2D eigenvalue weighted by atomic mass is 19.1. The number of amides is 1. The van der Waals surface area contributed by atoms with Crippen LogP contribution in [0.1, 0.15) is 44.6 Å². The summed E-state index contributed by atoms with van der Waals surface area (Å²) in [6.45, 7) is 3.81. The third-order valence-electron chi connectivity index (χ3n) is 4.35. The maximum Gasteiger partial charge on any atom is 0.224 e. The topological polar surface area (TPSA) is 49.3 Å². The molecule has 0 heterocycles. The molecule has 0 aromatic heterocycles. The average Bonchev–Trinajstić information content (AvgIpc) is 3.22. The molecule has 0 saturated heterocycles. The van der Waals surface area contributed by atoms with Gasteiger partial charge in [0.1, 0.15) is 11.6 Å². The van der Waals surface area contributed by atoms with Crippen molar-refractivity contribution in [1.82, 2.24) is 5.32 Å². The van der Waals surface area contributed by atoms with E-state index in [1.165, 1.54) is 6.07 Å². The van der Waals surface area contributed by atoms with Crippen molar-refractivity contribution in [3.63, 3.8) is 0 Å². The van der Waals surface area contributed by atoms with E-state index in [0.29, 0.717) is 19.3 Å². The molecular weight excluding hydrogens is 276 g/mol. The van der Waals surface area contributed by atoms with Crippen molar-refractivity contribution in [2.75, 3.05) is 6.61 Å². The van der Waals surface area contributed by atoms with Gasteiger partial charge in [-0.25, -0.2) is 8.78 Å². The van der Waals surface area contributed by atoms with E-state index in [0.717, 1.165) is 12.1 Å². The number of hydrogen-bond donors (Lipinski definition) is 2. The first-order chi connectivity index (χ1) is 9.90. The predicted octanol–water partition coefficient (Wildman–Crippen LogP) is 2.74. The summed E-state index contributed by atoms with van der Waals surface area (Å²) in [6.07, 6.45) is 1.71. The fourth-order valence-electron chi connectivity index (χ4n) is 2.59. The van der Waals surface area contributed by atoms with E-state index in [-0.39, 0.29) is 29.9 Å². The van der Waals surface area contributed by atoms with E-state index in [4.69, 9.17) is 5.11 Å². The number of benzene rings is 1. The van der Waals surface area contributed by atoms with Gasteiger partial charge in [0.25, 0.3) is 0 Å². The maximum absolute atomic E-state index is 13.7. The average molecular weight is 297 g/mol. The lowest BCUT2D eigenvalue weighted by atomic mass is 9.94. The summed E-state index contributed by atoms with van der Waals surface area (Å²) < 4.78 is 26.9. The van der Waals surface area contributed by atoms with Crippen LogP contribution in [0.5, 0.6) is 0 Å². The second-order valence-corrected chi connectivity index (χ2v) is 5.99. The van der Waals surface area contributed by atoms with Crippen LogP contribution in [-0.2, 0) is 4.79 Å². The lowest BCUT2D eigenvalue weighted by Crippen LogP contribution is -2.47. The molecule has 0 radical (unpaired) electrons. The molecule has 116 valence electrons. The highest BCUT2D eigenvalue weighted by molar-refractivity contribution is 5.83. The van der Waals surface area contributed by atoms with Crippen molar-refractivity contribution >= 4 is 5.91 Å². The summed E-state index contributed by atoms with van der Waals surface area (Å²) in [7, 11) is 0. The van der Waals surface area contributed by atoms with E-state index < -0.39 is 17.2 Å². The number of rotatable bonds is 6. The molecule has 0 bridgehead atoms. The number of hydrogen-bond acceptors (Lipinski definition) is 2. The van der Waals surface area contributed by atoms with Crippen molar-refractivity contribution in [2.24, 2.45) is 5.92 Å². The van der Waals surface area contributed by atoms with Crippen LogP contribution in [-0.4, -0.2) is 23.2 Å². The molecule has 1 aliphatic rings. The van der Waals surface area contributed by atoms with E-state index in [1.807, 2.05) is 13.8 Å². The summed E-state index contributed by atoms with van der Waals surface area (Å²) in [5.74, 6) is -1.68. The third-order valence-corrected chi connectivity index (χ3v) is 4.35. The highest BCUT2D eigenvalue weighted by Crippen LogP contribution is 2.48. The fraction of sp³-hybridized carbons (Fsp3) is 0.562. The number of carbonyl (C=O) groups excluding carboxylic acids is 1. The summed E-state index contributed by atoms with van der Waals surface area (Å²) in [6, 6.07) is 3.34. The Balaban J connectivity index is 2.02. The molecule has 1 fully saturated rings. The number of halogens is 2. The van der Waals surface area contributed by atoms with E-state index >= 15 is 0 Å². The van der Waals surface area contributed by atoms with E-state index in [1.54, 1.807) is 0 Å². The molecule has 2 N–H and O–H groups in total. The van der Waals surface area contributed by atoms with Gasteiger partial charge in [0.2, 0.25) is 5.91 Å². The first-order valence-electron chi connectivity index (χ1n) is 7.28. The van der Waals surface area contributed by atoms with Gasteiger partial charge in [-0.15, -0.1) is 0 Å². The molecule has 1 aromatic carbocycles. The van der Waals surface area contributed by atoms with Crippen LogP contribution >= 0.6 is 0 Å². The number of aliphatic hydroxyl groups excluding tert-OH is 1. The van der Waals surface area contributed by atoms with Gasteiger partial charge < -0.3 is 10.4 Å². The standard InChI is InChI=1S/C16H21F2NO2/c1-3-16(2,6-7-20)19-15(21)13-9-11(13)12-8-10(17)4-5-14(12)18/h4-5,8,11,13,20H,3,6-7,9H2,1-2H3,(H,19,21). The maximum atomic E-state index is 13.7. The smallest absolute Gasteiger partial charge is 0.224 e. The largest absolute Gasteiger partial charge is 0.396 e. The van der Waals surface area contributed by atoms with Crippen molar-refractivity contribution in [1.29, 1.82) is 0 Å². The Morgan fingerprint density at radius 3 is 2.81 bits per heavy atom. The van der Waals surface area contributed by atoms with Crippen LogP contribution in [0.25, 0.3) is 0 Å². The molecule has 1 amide bonds. The van der Waals surface area contributed by atoms with Crippen LogP contribution in [0, 0.1) is 17.6 Å². The minimum Gasteiger partial charge on any atom is -0.396 e. The van der Waals surface area contributed by atoms with Gasteiger partial charge in [-0.1, -0.05) is 6.92 Å². The van der Waals surface area contributed by atoms with Crippen LogP contribution in [0.2, 0.25) is 0 Å². The Morgan fingerprint density at radius 1 is 1.48 bits per heavy atom. The number of aliphatic hydroxyl groups is 1. The minimum absolute atomic E-state index is 0.00274. The molecule has 1 aromatic rings. The second kappa shape index (κ2) is 6.10. The summed E-state index contributed by atoms with van der Waals surface area (Å²) >= 11 is 0. The summed E-state index contributed by atoms with van der Waals surface area (Å²) in [4.78, 5) is 12.2. The Labute approximate surface area is 123 Å². The molecule has 0 aliphatic heterocycles. The number of carbonyl (C=O) groups is 1. The van der Waals surface area contributed by atoms with E-state index in [9.17, 15) is 13.6 Å². The van der Waals surface area contributed by atoms with Gasteiger partial charge in [-0.3, -0.25) is 4.79 Å². The van der Waals surface area contributed by atoms with Gasteiger partial charge in [0.15, 0.2) is 0 Å². The quantitative estimate of drug-likeness (QED) is 0.848. The van der Waals surface area contributed by atoms with Crippen molar-refractivity contribution in [3.05, 3.63) is 35.4 Å². The molecule has 3 atom stereocenters. The van der Waals surface area contributed by atoms with Crippen LogP contribution in [0.3, 0.4) is 0 Å². The molecule has 3 nitrogen and oxygen atoms in total. The van der Waals surface area contributed by atoms with Gasteiger partial charge >= 0.3 is 0 Å². The highest BCUT2D eigenvalue weighted by Gasteiger charge is 2.46. The monoisotopic (exact) mass is 297 g/mol.